The van der Waals surface area contributed by atoms with Gasteiger partial charge in [-0.3, -0.25) is 4.79 Å². The molecule has 0 heterocycles. The van der Waals surface area contributed by atoms with Crippen LogP contribution in [0.15, 0.2) is 30.3 Å². The molecule has 0 atom stereocenters. The van der Waals surface area contributed by atoms with Gasteiger partial charge < -0.3 is 0 Å². The molecular weight excluding hydrogens is 208 g/mol. The van der Waals surface area contributed by atoms with Crippen molar-refractivity contribution in [2.45, 2.75) is 40.5 Å². The van der Waals surface area contributed by atoms with Crippen LogP contribution in [0.4, 0.5) is 0 Å². The minimum atomic E-state index is 0.152. The Balaban J connectivity index is 2.60. The zero-order valence-electron chi connectivity index (χ0n) is 11.3. The largest absolute Gasteiger partial charge is 0.299 e. The SMILES string of the molecule is CC=C(C)c1ccc(CCC(=O)C(C)C)cc1. The first-order valence-electron chi connectivity index (χ1n) is 6.29. The van der Waals surface area contributed by atoms with E-state index in [1.807, 2.05) is 20.8 Å². The highest BCUT2D eigenvalue weighted by atomic mass is 16.1. The number of hydrogen-bond donors (Lipinski definition) is 0. The maximum atomic E-state index is 11.5. The van der Waals surface area contributed by atoms with Crippen molar-refractivity contribution in [1.29, 1.82) is 0 Å². The predicted molar refractivity (Wildman–Crippen MR) is 73.9 cm³/mol. The fourth-order valence-electron chi connectivity index (χ4n) is 1.66. The first kappa shape index (κ1) is 13.7. The Hall–Kier alpha value is -1.37. The molecule has 0 saturated carbocycles. The molecule has 0 amide bonds. The van der Waals surface area contributed by atoms with Gasteiger partial charge in [-0.05, 0) is 37.0 Å². The molecule has 0 spiro atoms. The van der Waals surface area contributed by atoms with Crippen LogP contribution in [0.1, 0.15) is 45.2 Å². The molecule has 0 fully saturated rings. The Bertz CT molecular complexity index is 396. The Kier molecular flexibility index (Phi) is 5.14. The monoisotopic (exact) mass is 230 g/mol. The van der Waals surface area contributed by atoms with Gasteiger partial charge in [0.15, 0.2) is 0 Å². The first-order chi connectivity index (χ1) is 8.04. The number of hydrogen-bond acceptors (Lipinski definition) is 1. The lowest BCUT2D eigenvalue weighted by molar-refractivity contribution is -0.121. The van der Waals surface area contributed by atoms with E-state index in [-0.39, 0.29) is 5.92 Å². The summed E-state index contributed by atoms with van der Waals surface area (Å²) in [5, 5.41) is 0. The van der Waals surface area contributed by atoms with Gasteiger partial charge in [-0.1, -0.05) is 44.2 Å². The third-order valence-corrected chi connectivity index (χ3v) is 3.15. The summed E-state index contributed by atoms with van der Waals surface area (Å²) in [7, 11) is 0. The van der Waals surface area contributed by atoms with E-state index in [1.54, 1.807) is 0 Å². The van der Waals surface area contributed by atoms with E-state index in [1.165, 1.54) is 16.7 Å². The average Bonchev–Trinajstić information content (AvgIpc) is 2.35. The van der Waals surface area contributed by atoms with Gasteiger partial charge >= 0.3 is 0 Å². The maximum absolute atomic E-state index is 11.5. The van der Waals surface area contributed by atoms with Gasteiger partial charge in [0.2, 0.25) is 0 Å². The summed E-state index contributed by atoms with van der Waals surface area (Å²) in [5.41, 5.74) is 3.79. The number of aryl methyl sites for hydroxylation is 1. The lowest BCUT2D eigenvalue weighted by Gasteiger charge is -2.06. The average molecular weight is 230 g/mol. The van der Waals surface area contributed by atoms with Crippen molar-refractivity contribution in [1.82, 2.24) is 0 Å². The van der Waals surface area contributed by atoms with Crippen LogP contribution < -0.4 is 0 Å². The number of Topliss-reactive ketones (excluding diaryl/α,β-unsaturated/α-hetero) is 1. The Labute approximate surface area is 105 Å². The molecule has 1 heteroatoms. The minimum absolute atomic E-state index is 0.152. The number of benzene rings is 1. The van der Waals surface area contributed by atoms with Crippen molar-refractivity contribution in [3.8, 4) is 0 Å². The van der Waals surface area contributed by atoms with E-state index < -0.39 is 0 Å². The van der Waals surface area contributed by atoms with Gasteiger partial charge in [-0.25, -0.2) is 0 Å². The lowest BCUT2D eigenvalue weighted by atomic mass is 9.99. The summed E-state index contributed by atoms with van der Waals surface area (Å²) in [6.45, 7) is 8.07. The van der Waals surface area contributed by atoms with Gasteiger partial charge in [0.25, 0.3) is 0 Å². The number of ketones is 1. The molecule has 17 heavy (non-hydrogen) atoms. The first-order valence-corrected chi connectivity index (χ1v) is 6.29. The molecule has 0 aromatic heterocycles. The highest BCUT2D eigenvalue weighted by Gasteiger charge is 2.06. The Morgan fingerprint density at radius 1 is 1.24 bits per heavy atom. The van der Waals surface area contributed by atoms with Crippen LogP contribution in [0.5, 0.6) is 0 Å². The van der Waals surface area contributed by atoms with E-state index >= 15 is 0 Å². The molecule has 0 saturated heterocycles. The molecular formula is C16H22O. The fourth-order valence-corrected chi connectivity index (χ4v) is 1.66. The van der Waals surface area contributed by atoms with Gasteiger partial charge in [0, 0.05) is 12.3 Å². The molecule has 1 aromatic carbocycles. The summed E-state index contributed by atoms with van der Waals surface area (Å²) >= 11 is 0. The van der Waals surface area contributed by atoms with Crippen LogP contribution in [-0.2, 0) is 11.2 Å². The summed E-state index contributed by atoms with van der Waals surface area (Å²) in [6.07, 6.45) is 3.61. The number of carbonyl (C=O) groups is 1. The highest BCUT2D eigenvalue weighted by molar-refractivity contribution is 5.80. The van der Waals surface area contributed by atoms with Crippen molar-refractivity contribution in [3.63, 3.8) is 0 Å². The second-order valence-electron chi connectivity index (χ2n) is 4.79. The Morgan fingerprint density at radius 2 is 1.82 bits per heavy atom. The summed E-state index contributed by atoms with van der Waals surface area (Å²) < 4.78 is 0. The number of rotatable bonds is 5. The molecule has 0 aliphatic heterocycles. The van der Waals surface area contributed by atoms with E-state index in [0.717, 1.165) is 6.42 Å². The van der Waals surface area contributed by atoms with Crippen molar-refractivity contribution >= 4 is 11.4 Å². The fraction of sp³-hybridized carbons (Fsp3) is 0.438. The van der Waals surface area contributed by atoms with Gasteiger partial charge in [0.1, 0.15) is 5.78 Å². The Morgan fingerprint density at radius 3 is 2.29 bits per heavy atom. The molecule has 1 rings (SSSR count). The van der Waals surface area contributed by atoms with Gasteiger partial charge in [-0.15, -0.1) is 0 Å². The van der Waals surface area contributed by atoms with E-state index in [9.17, 15) is 4.79 Å². The third-order valence-electron chi connectivity index (χ3n) is 3.15. The van der Waals surface area contributed by atoms with Crippen LogP contribution >= 0.6 is 0 Å². The topological polar surface area (TPSA) is 17.1 Å². The van der Waals surface area contributed by atoms with Gasteiger partial charge in [-0.2, -0.15) is 0 Å². The lowest BCUT2D eigenvalue weighted by Crippen LogP contribution is -2.07. The molecule has 92 valence electrons. The number of allylic oxidation sites excluding steroid dienone is 2. The summed E-state index contributed by atoms with van der Waals surface area (Å²) in [4.78, 5) is 11.5. The van der Waals surface area contributed by atoms with E-state index in [4.69, 9.17) is 0 Å². The summed E-state index contributed by atoms with van der Waals surface area (Å²) in [6, 6.07) is 8.50. The maximum Gasteiger partial charge on any atom is 0.135 e. The second-order valence-corrected chi connectivity index (χ2v) is 4.79. The molecule has 0 radical (unpaired) electrons. The van der Waals surface area contributed by atoms with Crippen LogP contribution in [0.3, 0.4) is 0 Å². The van der Waals surface area contributed by atoms with Crippen LogP contribution in [-0.4, -0.2) is 5.78 Å². The molecule has 1 aromatic rings. The van der Waals surface area contributed by atoms with E-state index in [2.05, 4.69) is 37.3 Å². The van der Waals surface area contributed by atoms with Crippen molar-refractivity contribution < 1.29 is 4.79 Å². The standard InChI is InChI=1S/C16H22O/c1-5-13(4)15-9-6-14(7-10-15)8-11-16(17)12(2)3/h5-7,9-10,12H,8,11H2,1-4H3. The smallest absolute Gasteiger partial charge is 0.135 e. The van der Waals surface area contributed by atoms with Crippen molar-refractivity contribution in [2.75, 3.05) is 0 Å². The quantitative estimate of drug-likeness (QED) is 0.738. The molecule has 0 N–H and O–H groups in total. The minimum Gasteiger partial charge on any atom is -0.299 e. The van der Waals surface area contributed by atoms with Crippen molar-refractivity contribution in [2.24, 2.45) is 5.92 Å². The second kappa shape index (κ2) is 6.39. The van der Waals surface area contributed by atoms with E-state index in [0.29, 0.717) is 12.2 Å². The van der Waals surface area contributed by atoms with Gasteiger partial charge in [0.05, 0.1) is 0 Å². The molecule has 0 bridgehead atoms. The summed E-state index contributed by atoms with van der Waals surface area (Å²) in [5.74, 6) is 0.498. The molecule has 1 nitrogen and oxygen atoms in total. The molecule has 0 aliphatic carbocycles. The van der Waals surface area contributed by atoms with Crippen LogP contribution in [0, 0.1) is 5.92 Å². The zero-order chi connectivity index (χ0) is 12.8. The van der Waals surface area contributed by atoms with Crippen LogP contribution in [0.2, 0.25) is 0 Å². The predicted octanol–water partition coefficient (Wildman–Crippen LogP) is 4.27. The van der Waals surface area contributed by atoms with Crippen molar-refractivity contribution in [3.05, 3.63) is 41.5 Å². The molecule has 0 unspecified atom stereocenters. The molecule has 0 aliphatic rings. The normalized spacial score (nSPS) is 11.9. The highest BCUT2D eigenvalue weighted by Crippen LogP contribution is 2.15. The third kappa shape index (κ3) is 4.18. The zero-order valence-corrected chi connectivity index (χ0v) is 11.3. The van der Waals surface area contributed by atoms with Crippen LogP contribution in [0.25, 0.3) is 5.57 Å². The number of carbonyl (C=O) groups excluding carboxylic acids is 1.